The third-order valence-corrected chi connectivity index (χ3v) is 4.45. The Labute approximate surface area is 130 Å². The lowest BCUT2D eigenvalue weighted by Gasteiger charge is -2.18. The van der Waals surface area contributed by atoms with Crippen LogP contribution in [0.25, 0.3) is 0 Å². The van der Waals surface area contributed by atoms with E-state index in [1.807, 2.05) is 18.2 Å². The molecule has 0 aliphatic heterocycles. The number of sulfone groups is 1. The molecule has 1 aromatic heterocycles. The van der Waals surface area contributed by atoms with E-state index in [9.17, 15) is 13.2 Å². The number of carbonyl (C=O) groups is 1. The number of aromatic nitrogens is 1. The third kappa shape index (κ3) is 3.71. The van der Waals surface area contributed by atoms with Crippen molar-refractivity contribution in [3.05, 3.63) is 59.4 Å². The molecule has 0 spiro atoms. The fraction of sp³-hybridized carbons (Fsp3) is 0.250. The molecule has 0 saturated heterocycles. The maximum absolute atomic E-state index is 12.6. The highest BCUT2D eigenvalue weighted by molar-refractivity contribution is 7.90. The molecule has 0 unspecified atom stereocenters. The van der Waals surface area contributed by atoms with Crippen molar-refractivity contribution in [2.75, 3.05) is 13.3 Å². The molecule has 1 aromatic carbocycles. The Morgan fingerprint density at radius 2 is 1.95 bits per heavy atom. The molecule has 0 atom stereocenters. The van der Waals surface area contributed by atoms with E-state index in [-0.39, 0.29) is 10.8 Å². The summed E-state index contributed by atoms with van der Waals surface area (Å²) in [6.45, 7) is 2.15. The standard InChI is InChI=1S/C16H18N2O3S/c1-12-7-8-14(22(3,20)21)10-15(12)16(19)18(2)11-13-6-4-5-9-17-13/h4-10H,11H2,1-3H3. The van der Waals surface area contributed by atoms with Crippen LogP contribution in [0.4, 0.5) is 0 Å². The maximum Gasteiger partial charge on any atom is 0.254 e. The Morgan fingerprint density at radius 3 is 2.55 bits per heavy atom. The zero-order chi connectivity index (χ0) is 16.3. The minimum atomic E-state index is -3.34. The van der Waals surface area contributed by atoms with Crippen LogP contribution >= 0.6 is 0 Å². The van der Waals surface area contributed by atoms with Gasteiger partial charge in [0.1, 0.15) is 0 Å². The molecule has 0 N–H and O–H groups in total. The second-order valence-electron chi connectivity index (χ2n) is 5.23. The fourth-order valence-corrected chi connectivity index (χ4v) is 2.72. The summed E-state index contributed by atoms with van der Waals surface area (Å²) in [6.07, 6.45) is 2.80. The number of aryl methyl sites for hydroxylation is 1. The number of carbonyl (C=O) groups excluding carboxylic acids is 1. The van der Waals surface area contributed by atoms with Gasteiger partial charge in [0.25, 0.3) is 5.91 Å². The van der Waals surface area contributed by atoms with Crippen LogP contribution in [0.5, 0.6) is 0 Å². The zero-order valence-corrected chi connectivity index (χ0v) is 13.6. The van der Waals surface area contributed by atoms with Crippen molar-refractivity contribution < 1.29 is 13.2 Å². The summed E-state index contributed by atoms with van der Waals surface area (Å²) in [6, 6.07) is 10.1. The lowest BCUT2D eigenvalue weighted by atomic mass is 10.1. The van der Waals surface area contributed by atoms with Crippen molar-refractivity contribution >= 4 is 15.7 Å². The van der Waals surface area contributed by atoms with Crippen LogP contribution in [-0.4, -0.2) is 37.5 Å². The number of pyridine rings is 1. The maximum atomic E-state index is 12.6. The van der Waals surface area contributed by atoms with Crippen molar-refractivity contribution in [1.29, 1.82) is 0 Å². The first-order chi connectivity index (χ1) is 10.3. The second kappa shape index (κ2) is 6.27. The predicted molar refractivity (Wildman–Crippen MR) is 84.3 cm³/mol. The summed E-state index contributed by atoms with van der Waals surface area (Å²) in [5.74, 6) is -0.228. The molecular weight excluding hydrogens is 300 g/mol. The van der Waals surface area contributed by atoms with Gasteiger partial charge in [-0.2, -0.15) is 0 Å². The molecule has 2 rings (SSSR count). The molecule has 0 radical (unpaired) electrons. The van der Waals surface area contributed by atoms with E-state index in [1.165, 1.54) is 17.0 Å². The molecule has 1 heterocycles. The molecule has 0 bridgehead atoms. The third-order valence-electron chi connectivity index (χ3n) is 3.34. The van der Waals surface area contributed by atoms with Gasteiger partial charge in [0, 0.05) is 25.1 Å². The smallest absolute Gasteiger partial charge is 0.254 e. The Balaban J connectivity index is 2.29. The van der Waals surface area contributed by atoms with Crippen LogP contribution < -0.4 is 0 Å². The Morgan fingerprint density at radius 1 is 1.23 bits per heavy atom. The van der Waals surface area contributed by atoms with Gasteiger partial charge < -0.3 is 4.90 Å². The molecule has 0 fully saturated rings. The summed E-state index contributed by atoms with van der Waals surface area (Å²) < 4.78 is 23.3. The van der Waals surface area contributed by atoms with Crippen molar-refractivity contribution in [2.45, 2.75) is 18.4 Å². The van der Waals surface area contributed by atoms with Crippen molar-refractivity contribution in [2.24, 2.45) is 0 Å². The van der Waals surface area contributed by atoms with Crippen LogP contribution in [-0.2, 0) is 16.4 Å². The summed E-state index contributed by atoms with van der Waals surface area (Å²) in [5.41, 5.74) is 1.90. The normalized spacial score (nSPS) is 11.2. The van der Waals surface area contributed by atoms with Gasteiger partial charge in [-0.15, -0.1) is 0 Å². The Kier molecular flexibility index (Phi) is 4.61. The minimum absolute atomic E-state index is 0.146. The van der Waals surface area contributed by atoms with Crippen LogP contribution in [0.1, 0.15) is 21.6 Å². The Bertz CT molecular complexity index is 786. The van der Waals surface area contributed by atoms with Gasteiger partial charge in [-0.3, -0.25) is 9.78 Å². The largest absolute Gasteiger partial charge is 0.336 e. The van der Waals surface area contributed by atoms with E-state index in [4.69, 9.17) is 0 Å². The first kappa shape index (κ1) is 16.2. The number of hydrogen-bond acceptors (Lipinski definition) is 4. The molecule has 5 nitrogen and oxygen atoms in total. The van der Waals surface area contributed by atoms with E-state index in [1.54, 1.807) is 26.2 Å². The zero-order valence-electron chi connectivity index (χ0n) is 12.8. The van der Waals surface area contributed by atoms with Crippen molar-refractivity contribution in [3.8, 4) is 0 Å². The SMILES string of the molecule is Cc1ccc(S(C)(=O)=O)cc1C(=O)N(C)Cc1ccccn1. The van der Waals surface area contributed by atoms with Crippen molar-refractivity contribution in [1.82, 2.24) is 9.88 Å². The number of hydrogen-bond donors (Lipinski definition) is 0. The molecule has 6 heteroatoms. The number of nitrogens with zero attached hydrogens (tertiary/aromatic N) is 2. The predicted octanol–water partition coefficient (Wildman–Crippen LogP) is 2.07. The van der Waals surface area contributed by atoms with Crippen LogP contribution in [0.15, 0.2) is 47.5 Å². The lowest BCUT2D eigenvalue weighted by Crippen LogP contribution is -2.27. The molecule has 0 aliphatic carbocycles. The van der Waals surface area contributed by atoms with Gasteiger partial charge in [0.05, 0.1) is 17.1 Å². The summed E-state index contributed by atoms with van der Waals surface area (Å²) in [7, 11) is -1.67. The molecule has 0 saturated carbocycles. The van der Waals surface area contributed by atoms with Gasteiger partial charge in [0.15, 0.2) is 9.84 Å². The fourth-order valence-electron chi connectivity index (χ4n) is 2.07. The minimum Gasteiger partial charge on any atom is -0.336 e. The van der Waals surface area contributed by atoms with Crippen LogP contribution in [0, 0.1) is 6.92 Å². The van der Waals surface area contributed by atoms with Gasteiger partial charge in [0.2, 0.25) is 0 Å². The first-order valence-electron chi connectivity index (χ1n) is 6.75. The highest BCUT2D eigenvalue weighted by atomic mass is 32.2. The van der Waals surface area contributed by atoms with E-state index >= 15 is 0 Å². The molecule has 2 aromatic rings. The van der Waals surface area contributed by atoms with Gasteiger partial charge >= 0.3 is 0 Å². The van der Waals surface area contributed by atoms with Crippen LogP contribution in [0.3, 0.4) is 0 Å². The average Bonchev–Trinajstić information content (AvgIpc) is 2.46. The quantitative estimate of drug-likeness (QED) is 0.865. The highest BCUT2D eigenvalue weighted by Crippen LogP contribution is 2.17. The lowest BCUT2D eigenvalue weighted by molar-refractivity contribution is 0.0782. The van der Waals surface area contributed by atoms with E-state index < -0.39 is 9.84 Å². The van der Waals surface area contributed by atoms with E-state index in [2.05, 4.69) is 4.98 Å². The summed E-state index contributed by atoms with van der Waals surface area (Å²) >= 11 is 0. The van der Waals surface area contributed by atoms with E-state index in [0.717, 1.165) is 17.5 Å². The molecule has 116 valence electrons. The summed E-state index contributed by atoms with van der Waals surface area (Å²) in [5, 5.41) is 0. The van der Waals surface area contributed by atoms with Gasteiger partial charge in [-0.05, 0) is 36.8 Å². The topological polar surface area (TPSA) is 67.3 Å². The van der Waals surface area contributed by atoms with E-state index in [0.29, 0.717) is 12.1 Å². The Hall–Kier alpha value is -2.21. The number of amides is 1. The van der Waals surface area contributed by atoms with Crippen molar-refractivity contribution in [3.63, 3.8) is 0 Å². The highest BCUT2D eigenvalue weighted by Gasteiger charge is 2.18. The monoisotopic (exact) mass is 318 g/mol. The van der Waals surface area contributed by atoms with Crippen LogP contribution in [0.2, 0.25) is 0 Å². The number of rotatable bonds is 4. The molecule has 0 aliphatic rings. The molecule has 1 amide bonds. The average molecular weight is 318 g/mol. The molecule has 22 heavy (non-hydrogen) atoms. The van der Waals surface area contributed by atoms with Gasteiger partial charge in [-0.25, -0.2) is 8.42 Å². The second-order valence-corrected chi connectivity index (χ2v) is 7.25. The molecular formula is C16H18N2O3S. The van der Waals surface area contributed by atoms with Gasteiger partial charge in [-0.1, -0.05) is 12.1 Å². The number of benzene rings is 1. The first-order valence-corrected chi connectivity index (χ1v) is 8.64. The summed E-state index contributed by atoms with van der Waals surface area (Å²) in [4.78, 5) is 18.4.